The summed E-state index contributed by atoms with van der Waals surface area (Å²) in [5.74, 6) is 0.943. The fraction of sp³-hybridized carbons (Fsp3) is 0.588. The van der Waals surface area contributed by atoms with Gasteiger partial charge in [0.2, 0.25) is 0 Å². The molecule has 0 bridgehead atoms. The molecule has 3 rings (SSSR count). The molecule has 1 aromatic carbocycles. The zero-order valence-corrected chi connectivity index (χ0v) is 12.9. The smallest absolute Gasteiger partial charge is 0.254 e. The van der Waals surface area contributed by atoms with Gasteiger partial charge < -0.3 is 14.7 Å². The van der Waals surface area contributed by atoms with Crippen molar-refractivity contribution in [1.29, 1.82) is 0 Å². The van der Waals surface area contributed by atoms with Gasteiger partial charge >= 0.3 is 0 Å². The Labute approximate surface area is 125 Å². The lowest BCUT2D eigenvalue weighted by Crippen LogP contribution is -2.46. The number of nitrogens with zero attached hydrogens (tertiary/aromatic N) is 1. The molecule has 2 heterocycles. The third kappa shape index (κ3) is 2.53. The van der Waals surface area contributed by atoms with Gasteiger partial charge in [-0.1, -0.05) is 13.8 Å². The summed E-state index contributed by atoms with van der Waals surface area (Å²) in [6, 6.07) is 5.81. The number of amides is 1. The third-order valence-corrected chi connectivity index (χ3v) is 4.65. The molecular weight excluding hydrogens is 266 g/mol. The second kappa shape index (κ2) is 5.02. The van der Waals surface area contributed by atoms with E-state index in [4.69, 9.17) is 4.74 Å². The normalized spacial score (nSPS) is 27.1. The first-order valence-corrected chi connectivity index (χ1v) is 7.65. The zero-order valence-electron chi connectivity index (χ0n) is 12.9. The molecule has 0 radical (unpaired) electrons. The number of piperidine rings is 1. The van der Waals surface area contributed by atoms with Crippen LogP contribution in [-0.4, -0.2) is 41.2 Å². The Balaban J connectivity index is 1.86. The molecule has 2 atom stereocenters. The number of aliphatic hydroxyl groups excluding tert-OH is 1. The lowest BCUT2D eigenvalue weighted by atomic mass is 9.86. The van der Waals surface area contributed by atoms with Gasteiger partial charge in [0.15, 0.2) is 0 Å². The van der Waals surface area contributed by atoms with E-state index in [1.54, 1.807) is 0 Å². The molecule has 1 saturated heterocycles. The number of carbonyl (C=O) groups excluding carboxylic acids is 1. The molecule has 2 aliphatic heterocycles. The van der Waals surface area contributed by atoms with Gasteiger partial charge in [-0.25, -0.2) is 0 Å². The van der Waals surface area contributed by atoms with E-state index in [0.717, 1.165) is 16.9 Å². The van der Waals surface area contributed by atoms with Crippen molar-refractivity contribution in [1.82, 2.24) is 4.90 Å². The Morgan fingerprint density at radius 2 is 2.19 bits per heavy atom. The Bertz CT molecular complexity index is 567. The lowest BCUT2D eigenvalue weighted by molar-refractivity contribution is 0.0365. The first kappa shape index (κ1) is 14.4. The maximum Gasteiger partial charge on any atom is 0.254 e. The van der Waals surface area contributed by atoms with Crippen molar-refractivity contribution in [2.75, 3.05) is 13.2 Å². The van der Waals surface area contributed by atoms with Crippen molar-refractivity contribution < 1.29 is 14.6 Å². The zero-order chi connectivity index (χ0) is 15.2. The molecule has 4 heteroatoms. The fourth-order valence-electron chi connectivity index (χ4n) is 3.27. The summed E-state index contributed by atoms with van der Waals surface area (Å²) >= 11 is 0. The van der Waals surface area contributed by atoms with Gasteiger partial charge in [0.05, 0.1) is 12.7 Å². The van der Waals surface area contributed by atoms with Crippen molar-refractivity contribution in [2.45, 2.75) is 51.2 Å². The van der Waals surface area contributed by atoms with Crippen LogP contribution in [0.25, 0.3) is 0 Å². The Kier molecular flexibility index (Phi) is 3.44. The Morgan fingerprint density at radius 1 is 1.43 bits per heavy atom. The summed E-state index contributed by atoms with van der Waals surface area (Å²) in [5, 5.41) is 9.69. The second-order valence-electron chi connectivity index (χ2n) is 6.91. The molecule has 4 nitrogen and oxygen atoms in total. The molecule has 114 valence electrons. The maximum absolute atomic E-state index is 12.7. The first-order valence-electron chi connectivity index (χ1n) is 7.65. The van der Waals surface area contributed by atoms with Crippen LogP contribution in [0.15, 0.2) is 18.2 Å². The minimum atomic E-state index is -0.281. The van der Waals surface area contributed by atoms with Crippen LogP contribution in [-0.2, 0) is 5.41 Å². The van der Waals surface area contributed by atoms with Crippen LogP contribution in [0.1, 0.15) is 49.5 Å². The largest absolute Gasteiger partial charge is 0.492 e. The molecule has 0 aliphatic carbocycles. The molecule has 0 saturated carbocycles. The second-order valence-corrected chi connectivity index (χ2v) is 6.91. The Hall–Kier alpha value is -1.55. The average molecular weight is 289 g/mol. The van der Waals surface area contributed by atoms with E-state index in [1.807, 2.05) is 30.0 Å². The molecule has 1 N–H and O–H groups in total. The number of rotatable bonds is 1. The molecule has 0 unspecified atom stereocenters. The van der Waals surface area contributed by atoms with E-state index in [1.165, 1.54) is 0 Å². The molecular formula is C17H23NO3. The molecule has 2 aliphatic rings. The minimum Gasteiger partial charge on any atom is -0.492 e. The summed E-state index contributed by atoms with van der Waals surface area (Å²) in [6.45, 7) is 7.55. The average Bonchev–Trinajstić information content (AvgIpc) is 2.74. The lowest BCUT2D eigenvalue weighted by Gasteiger charge is -2.36. The van der Waals surface area contributed by atoms with Gasteiger partial charge in [-0.2, -0.15) is 0 Å². The first-order chi connectivity index (χ1) is 9.88. The fourth-order valence-corrected chi connectivity index (χ4v) is 3.27. The number of ether oxygens (including phenoxy) is 1. The summed E-state index contributed by atoms with van der Waals surface area (Å²) in [5.41, 5.74) is 1.78. The van der Waals surface area contributed by atoms with Crippen molar-refractivity contribution in [3.8, 4) is 5.75 Å². The predicted molar refractivity (Wildman–Crippen MR) is 80.7 cm³/mol. The summed E-state index contributed by atoms with van der Waals surface area (Å²) in [6.07, 6.45) is 1.04. The third-order valence-electron chi connectivity index (χ3n) is 4.65. The molecule has 0 aromatic heterocycles. The van der Waals surface area contributed by atoms with E-state index in [0.29, 0.717) is 26.0 Å². The monoisotopic (exact) mass is 289 g/mol. The highest BCUT2D eigenvalue weighted by Gasteiger charge is 2.34. The molecule has 1 amide bonds. The maximum atomic E-state index is 12.7. The standard InChI is InChI=1S/C17H23NO3/c1-11-8-13(19)6-7-18(11)16(20)12-4-5-15-14(9-12)17(2,3)10-21-15/h4-5,9,11,13,19H,6-8,10H2,1-3H3/t11-,13-/m0/s1. The molecule has 1 fully saturated rings. The highest BCUT2D eigenvalue weighted by atomic mass is 16.5. The summed E-state index contributed by atoms with van der Waals surface area (Å²) in [7, 11) is 0. The molecule has 21 heavy (non-hydrogen) atoms. The number of fused-ring (bicyclic) bond motifs is 1. The SMILES string of the molecule is C[C@H]1C[C@@H](O)CCN1C(=O)c1ccc2c(c1)C(C)(C)CO2. The number of likely N-dealkylation sites (tertiary alicyclic amines) is 1. The van der Waals surface area contributed by atoms with Crippen molar-refractivity contribution in [2.24, 2.45) is 0 Å². The number of carbonyl (C=O) groups is 1. The van der Waals surface area contributed by atoms with E-state index in [2.05, 4.69) is 13.8 Å². The predicted octanol–water partition coefficient (Wildman–Crippen LogP) is 2.34. The number of hydrogen-bond donors (Lipinski definition) is 1. The van der Waals surface area contributed by atoms with Gasteiger partial charge in [0.1, 0.15) is 5.75 Å². The van der Waals surface area contributed by atoms with E-state index in [9.17, 15) is 9.90 Å². The van der Waals surface area contributed by atoms with Crippen LogP contribution in [0.5, 0.6) is 5.75 Å². The van der Waals surface area contributed by atoms with Gasteiger partial charge in [0, 0.05) is 29.1 Å². The van der Waals surface area contributed by atoms with Gasteiger partial charge in [-0.05, 0) is 38.0 Å². The minimum absolute atomic E-state index is 0.0463. The van der Waals surface area contributed by atoms with Crippen LogP contribution < -0.4 is 4.74 Å². The van der Waals surface area contributed by atoms with Crippen LogP contribution in [0.2, 0.25) is 0 Å². The number of aliphatic hydroxyl groups is 1. The summed E-state index contributed by atoms with van der Waals surface area (Å²) in [4.78, 5) is 14.6. The molecule has 1 aromatic rings. The van der Waals surface area contributed by atoms with Gasteiger partial charge in [-0.3, -0.25) is 4.79 Å². The Morgan fingerprint density at radius 3 is 2.90 bits per heavy atom. The van der Waals surface area contributed by atoms with Gasteiger partial charge in [-0.15, -0.1) is 0 Å². The van der Waals surface area contributed by atoms with Gasteiger partial charge in [0.25, 0.3) is 5.91 Å². The van der Waals surface area contributed by atoms with E-state index in [-0.39, 0.29) is 23.5 Å². The van der Waals surface area contributed by atoms with Crippen LogP contribution in [0.3, 0.4) is 0 Å². The van der Waals surface area contributed by atoms with Crippen molar-refractivity contribution >= 4 is 5.91 Å². The number of benzene rings is 1. The van der Waals surface area contributed by atoms with Crippen molar-refractivity contribution in [3.63, 3.8) is 0 Å². The highest BCUT2D eigenvalue weighted by Crippen LogP contribution is 2.39. The topological polar surface area (TPSA) is 49.8 Å². The van der Waals surface area contributed by atoms with E-state index >= 15 is 0 Å². The van der Waals surface area contributed by atoms with Crippen LogP contribution >= 0.6 is 0 Å². The van der Waals surface area contributed by atoms with Crippen molar-refractivity contribution in [3.05, 3.63) is 29.3 Å². The molecule has 0 spiro atoms. The van der Waals surface area contributed by atoms with Crippen LogP contribution in [0.4, 0.5) is 0 Å². The van der Waals surface area contributed by atoms with E-state index < -0.39 is 0 Å². The summed E-state index contributed by atoms with van der Waals surface area (Å²) < 4.78 is 5.67. The number of hydrogen-bond acceptors (Lipinski definition) is 3. The van der Waals surface area contributed by atoms with Crippen LogP contribution in [0, 0.1) is 0 Å². The highest BCUT2D eigenvalue weighted by molar-refractivity contribution is 5.95. The quantitative estimate of drug-likeness (QED) is 0.863.